The van der Waals surface area contributed by atoms with Crippen LogP contribution in [-0.4, -0.2) is 43.8 Å². The van der Waals surface area contributed by atoms with E-state index in [0.717, 1.165) is 19.1 Å². The molecule has 0 heterocycles. The first-order chi connectivity index (χ1) is 7.99. The zero-order chi connectivity index (χ0) is 13.1. The Morgan fingerprint density at radius 1 is 1.47 bits per heavy atom. The Morgan fingerprint density at radius 3 is 2.65 bits per heavy atom. The van der Waals surface area contributed by atoms with Crippen LogP contribution in [0.4, 0.5) is 0 Å². The van der Waals surface area contributed by atoms with Gasteiger partial charge >= 0.3 is 0 Å². The third kappa shape index (κ3) is 2.83. The number of hydrogen-bond acceptors (Lipinski definition) is 3. The molecule has 0 aliphatic heterocycles. The van der Waals surface area contributed by atoms with Crippen molar-refractivity contribution in [2.75, 3.05) is 27.3 Å². The van der Waals surface area contributed by atoms with Crippen molar-refractivity contribution < 1.29 is 4.74 Å². The summed E-state index contributed by atoms with van der Waals surface area (Å²) in [6.07, 6.45) is 3.86. The van der Waals surface area contributed by atoms with Gasteiger partial charge in [0.1, 0.15) is 0 Å². The lowest BCUT2D eigenvalue weighted by molar-refractivity contribution is -0.0334. The summed E-state index contributed by atoms with van der Waals surface area (Å²) in [5, 5.41) is 0. The molecular weight excluding hydrogens is 212 g/mol. The largest absolute Gasteiger partial charge is 0.383 e. The number of rotatable bonds is 5. The van der Waals surface area contributed by atoms with Crippen molar-refractivity contribution in [3.8, 4) is 0 Å². The first-order valence-electron chi connectivity index (χ1n) is 6.91. The molecule has 4 unspecified atom stereocenters. The lowest BCUT2D eigenvalue weighted by Gasteiger charge is -2.53. The molecular formula is C14H30N2O. The second kappa shape index (κ2) is 6.17. The fraction of sp³-hybridized carbons (Fsp3) is 1.00. The van der Waals surface area contributed by atoms with Gasteiger partial charge in [0.15, 0.2) is 0 Å². The minimum atomic E-state index is 0.162. The third-order valence-corrected chi connectivity index (χ3v) is 5.10. The van der Waals surface area contributed by atoms with E-state index in [1.54, 1.807) is 7.11 Å². The summed E-state index contributed by atoms with van der Waals surface area (Å²) in [7, 11) is 3.98. The lowest BCUT2D eigenvalue weighted by atomic mass is 9.67. The summed E-state index contributed by atoms with van der Waals surface area (Å²) in [4.78, 5) is 2.47. The van der Waals surface area contributed by atoms with E-state index >= 15 is 0 Å². The molecule has 0 aromatic heterocycles. The van der Waals surface area contributed by atoms with E-state index in [1.165, 1.54) is 19.3 Å². The zero-order valence-electron chi connectivity index (χ0n) is 12.2. The van der Waals surface area contributed by atoms with Crippen molar-refractivity contribution in [1.29, 1.82) is 0 Å². The smallest absolute Gasteiger partial charge is 0.0615 e. The zero-order valence-corrected chi connectivity index (χ0v) is 12.2. The second-order valence-electron chi connectivity index (χ2n) is 5.88. The lowest BCUT2D eigenvalue weighted by Crippen LogP contribution is -2.62. The van der Waals surface area contributed by atoms with Crippen LogP contribution in [0.15, 0.2) is 0 Å². The summed E-state index contributed by atoms with van der Waals surface area (Å²) in [5.41, 5.74) is 6.31. The molecule has 0 spiro atoms. The van der Waals surface area contributed by atoms with Crippen LogP contribution in [0.5, 0.6) is 0 Å². The molecule has 1 aliphatic carbocycles. The maximum absolute atomic E-state index is 6.14. The van der Waals surface area contributed by atoms with E-state index < -0.39 is 0 Å². The minimum absolute atomic E-state index is 0.162. The third-order valence-electron chi connectivity index (χ3n) is 5.10. The number of methoxy groups -OCH3 is 1. The molecule has 3 heteroatoms. The van der Waals surface area contributed by atoms with Crippen LogP contribution in [0.3, 0.4) is 0 Å². The van der Waals surface area contributed by atoms with Gasteiger partial charge in [-0.1, -0.05) is 26.7 Å². The molecule has 1 aliphatic rings. The summed E-state index contributed by atoms with van der Waals surface area (Å²) in [6, 6.07) is 0.427. The molecule has 17 heavy (non-hydrogen) atoms. The molecule has 1 saturated carbocycles. The van der Waals surface area contributed by atoms with Crippen LogP contribution in [0.25, 0.3) is 0 Å². The Morgan fingerprint density at radius 2 is 2.12 bits per heavy atom. The number of ether oxygens (including phenoxy) is 1. The van der Waals surface area contributed by atoms with Gasteiger partial charge in [-0.15, -0.1) is 0 Å². The van der Waals surface area contributed by atoms with Crippen LogP contribution >= 0.6 is 0 Å². The SMILES string of the molecule is COCC(C)N(C)C1(CN)CCCC(C)C1C. The molecule has 0 bridgehead atoms. The maximum Gasteiger partial charge on any atom is 0.0615 e. The van der Waals surface area contributed by atoms with E-state index in [1.807, 2.05) is 0 Å². The van der Waals surface area contributed by atoms with Crippen molar-refractivity contribution in [1.82, 2.24) is 4.90 Å². The molecule has 0 radical (unpaired) electrons. The molecule has 2 N–H and O–H groups in total. The minimum Gasteiger partial charge on any atom is -0.383 e. The second-order valence-corrected chi connectivity index (χ2v) is 5.88. The average Bonchev–Trinajstić information content (AvgIpc) is 2.32. The van der Waals surface area contributed by atoms with Crippen LogP contribution in [0, 0.1) is 11.8 Å². The molecule has 4 atom stereocenters. The highest BCUT2D eigenvalue weighted by atomic mass is 16.5. The average molecular weight is 242 g/mol. The van der Waals surface area contributed by atoms with Gasteiger partial charge in [0, 0.05) is 25.2 Å². The summed E-state index contributed by atoms with van der Waals surface area (Å²) in [5.74, 6) is 1.43. The molecule has 1 fully saturated rings. The van der Waals surface area contributed by atoms with Gasteiger partial charge in [0.05, 0.1) is 6.61 Å². The quantitative estimate of drug-likeness (QED) is 0.802. The highest BCUT2D eigenvalue weighted by Gasteiger charge is 2.44. The van der Waals surface area contributed by atoms with Crippen molar-refractivity contribution >= 4 is 0 Å². The van der Waals surface area contributed by atoms with Gasteiger partial charge < -0.3 is 10.5 Å². The summed E-state index contributed by atoms with van der Waals surface area (Å²) in [6.45, 7) is 8.49. The van der Waals surface area contributed by atoms with Gasteiger partial charge in [-0.25, -0.2) is 0 Å². The van der Waals surface area contributed by atoms with Crippen LogP contribution in [-0.2, 0) is 4.74 Å². The van der Waals surface area contributed by atoms with E-state index in [-0.39, 0.29) is 5.54 Å². The van der Waals surface area contributed by atoms with Crippen LogP contribution in [0.2, 0.25) is 0 Å². The molecule has 3 nitrogen and oxygen atoms in total. The van der Waals surface area contributed by atoms with Crippen molar-refractivity contribution in [3.05, 3.63) is 0 Å². The van der Waals surface area contributed by atoms with E-state index in [9.17, 15) is 0 Å². The van der Waals surface area contributed by atoms with Crippen molar-refractivity contribution in [3.63, 3.8) is 0 Å². The molecule has 0 aromatic carbocycles. The van der Waals surface area contributed by atoms with Crippen LogP contribution < -0.4 is 5.73 Å². The molecule has 0 saturated heterocycles. The van der Waals surface area contributed by atoms with Gasteiger partial charge in [0.25, 0.3) is 0 Å². The van der Waals surface area contributed by atoms with Gasteiger partial charge in [-0.05, 0) is 32.2 Å². The molecule has 102 valence electrons. The summed E-state index contributed by atoms with van der Waals surface area (Å²) >= 11 is 0. The standard InChI is InChI=1S/C14H30N2O/c1-11-7-6-8-14(10-15,13(11)3)16(4)12(2)9-17-5/h11-13H,6-10,15H2,1-5H3. The Bertz CT molecular complexity index is 234. The fourth-order valence-electron chi connectivity index (χ4n) is 3.46. The Balaban J connectivity index is 2.85. The normalized spacial score (nSPS) is 36.2. The van der Waals surface area contributed by atoms with E-state index in [0.29, 0.717) is 12.0 Å². The van der Waals surface area contributed by atoms with Crippen molar-refractivity contribution in [2.24, 2.45) is 17.6 Å². The highest BCUT2D eigenvalue weighted by Crippen LogP contribution is 2.41. The topological polar surface area (TPSA) is 38.5 Å². The molecule has 0 amide bonds. The number of hydrogen-bond donors (Lipinski definition) is 1. The van der Waals surface area contributed by atoms with E-state index in [2.05, 4.69) is 32.7 Å². The fourth-order valence-corrected chi connectivity index (χ4v) is 3.46. The van der Waals surface area contributed by atoms with Gasteiger partial charge in [0.2, 0.25) is 0 Å². The predicted molar refractivity (Wildman–Crippen MR) is 73.1 cm³/mol. The maximum atomic E-state index is 6.14. The predicted octanol–water partition coefficient (Wildman–Crippen LogP) is 2.11. The number of nitrogens with two attached hydrogens (primary N) is 1. The first-order valence-corrected chi connectivity index (χ1v) is 6.91. The van der Waals surface area contributed by atoms with Gasteiger partial charge in [-0.3, -0.25) is 4.90 Å². The molecule has 0 aromatic rings. The summed E-state index contributed by atoms with van der Waals surface area (Å²) < 4.78 is 5.28. The number of nitrogens with zero attached hydrogens (tertiary/aromatic N) is 1. The Labute approximate surface area is 107 Å². The monoisotopic (exact) mass is 242 g/mol. The Hall–Kier alpha value is -0.120. The number of likely N-dealkylation sites (N-methyl/N-ethyl adjacent to an activating group) is 1. The highest BCUT2D eigenvalue weighted by molar-refractivity contribution is 5.00. The van der Waals surface area contributed by atoms with Gasteiger partial charge in [-0.2, -0.15) is 0 Å². The van der Waals surface area contributed by atoms with Crippen molar-refractivity contribution in [2.45, 2.75) is 51.6 Å². The first kappa shape index (κ1) is 14.9. The Kier molecular flexibility index (Phi) is 5.42. The van der Waals surface area contributed by atoms with Crippen LogP contribution in [0.1, 0.15) is 40.0 Å². The van der Waals surface area contributed by atoms with E-state index in [4.69, 9.17) is 10.5 Å². The molecule has 1 rings (SSSR count).